The number of hydrogen-bond acceptors (Lipinski definition) is 2. The first-order valence-corrected chi connectivity index (χ1v) is 10.6. The van der Waals surface area contributed by atoms with Gasteiger partial charge in [0.25, 0.3) is 5.91 Å². The van der Waals surface area contributed by atoms with Gasteiger partial charge in [-0.2, -0.15) is 0 Å². The zero-order valence-electron chi connectivity index (χ0n) is 18.3. The maximum absolute atomic E-state index is 12.7. The Kier molecular flexibility index (Phi) is 7.29. The molecule has 1 atom stereocenters. The SMILES string of the molecule is CC(C)c1ccc([C@@H](NC(=O)COc2ccccc2-c2ccccc2)C(C)C)cc1. The number of benzene rings is 3. The Hall–Kier alpha value is -3.07. The van der Waals surface area contributed by atoms with E-state index in [1.165, 1.54) is 5.56 Å². The molecule has 0 bridgehead atoms. The average Bonchev–Trinajstić information content (AvgIpc) is 2.76. The third-order valence-corrected chi connectivity index (χ3v) is 5.28. The second-order valence-corrected chi connectivity index (χ2v) is 8.26. The van der Waals surface area contributed by atoms with E-state index in [9.17, 15) is 4.79 Å². The molecule has 3 aromatic rings. The molecule has 0 aromatic heterocycles. The molecule has 3 heteroatoms. The normalized spacial score (nSPS) is 12.1. The maximum atomic E-state index is 12.7. The van der Waals surface area contributed by atoms with Crippen LogP contribution in [0.4, 0.5) is 0 Å². The van der Waals surface area contributed by atoms with Crippen molar-refractivity contribution in [3.05, 3.63) is 90.0 Å². The number of hydrogen-bond donors (Lipinski definition) is 1. The first-order chi connectivity index (χ1) is 14.5. The Balaban J connectivity index is 1.67. The molecule has 0 spiro atoms. The minimum Gasteiger partial charge on any atom is -0.483 e. The highest BCUT2D eigenvalue weighted by Crippen LogP contribution is 2.29. The van der Waals surface area contributed by atoms with Crippen molar-refractivity contribution < 1.29 is 9.53 Å². The number of ether oxygens (including phenoxy) is 1. The minimum atomic E-state index is -0.121. The molecule has 0 fully saturated rings. The van der Waals surface area contributed by atoms with Gasteiger partial charge in [0, 0.05) is 5.56 Å². The van der Waals surface area contributed by atoms with Crippen molar-refractivity contribution in [3.63, 3.8) is 0 Å². The molecule has 0 saturated carbocycles. The molecule has 0 radical (unpaired) electrons. The number of carbonyl (C=O) groups excluding carboxylic acids is 1. The largest absolute Gasteiger partial charge is 0.483 e. The van der Waals surface area contributed by atoms with Gasteiger partial charge in [0.15, 0.2) is 6.61 Å². The number of rotatable bonds is 8. The summed E-state index contributed by atoms with van der Waals surface area (Å²) in [6, 6.07) is 26.4. The quantitative estimate of drug-likeness (QED) is 0.476. The van der Waals surface area contributed by atoms with Crippen molar-refractivity contribution in [1.82, 2.24) is 5.32 Å². The van der Waals surface area contributed by atoms with Gasteiger partial charge in [-0.05, 0) is 34.6 Å². The van der Waals surface area contributed by atoms with E-state index in [4.69, 9.17) is 4.74 Å². The molecule has 1 N–H and O–H groups in total. The van der Waals surface area contributed by atoms with Gasteiger partial charge in [-0.25, -0.2) is 0 Å². The summed E-state index contributed by atoms with van der Waals surface area (Å²) in [7, 11) is 0. The number of amides is 1. The Labute approximate surface area is 180 Å². The highest BCUT2D eigenvalue weighted by atomic mass is 16.5. The third-order valence-electron chi connectivity index (χ3n) is 5.28. The van der Waals surface area contributed by atoms with Gasteiger partial charge < -0.3 is 10.1 Å². The summed E-state index contributed by atoms with van der Waals surface area (Å²) in [5, 5.41) is 3.15. The van der Waals surface area contributed by atoms with E-state index in [0.29, 0.717) is 11.7 Å². The van der Waals surface area contributed by atoms with Crippen LogP contribution in [-0.4, -0.2) is 12.5 Å². The fraction of sp³-hybridized carbons (Fsp3) is 0.296. The van der Waals surface area contributed by atoms with Crippen LogP contribution in [0.1, 0.15) is 50.8 Å². The molecule has 3 nitrogen and oxygen atoms in total. The van der Waals surface area contributed by atoms with Gasteiger partial charge in [-0.1, -0.05) is 100 Å². The van der Waals surface area contributed by atoms with Crippen LogP contribution in [0.25, 0.3) is 11.1 Å². The lowest BCUT2D eigenvalue weighted by atomic mass is 9.93. The molecule has 0 unspecified atom stereocenters. The molecule has 3 aromatic carbocycles. The van der Waals surface area contributed by atoms with Crippen molar-refractivity contribution in [2.24, 2.45) is 5.92 Å². The van der Waals surface area contributed by atoms with E-state index in [-0.39, 0.29) is 24.5 Å². The molecule has 30 heavy (non-hydrogen) atoms. The zero-order chi connectivity index (χ0) is 21.5. The zero-order valence-corrected chi connectivity index (χ0v) is 18.3. The van der Waals surface area contributed by atoms with Gasteiger partial charge in [0.1, 0.15) is 5.75 Å². The van der Waals surface area contributed by atoms with Crippen molar-refractivity contribution >= 4 is 5.91 Å². The predicted molar refractivity (Wildman–Crippen MR) is 124 cm³/mol. The first-order valence-electron chi connectivity index (χ1n) is 10.6. The topological polar surface area (TPSA) is 38.3 Å². The fourth-order valence-electron chi connectivity index (χ4n) is 3.53. The molecule has 0 aliphatic rings. The summed E-state index contributed by atoms with van der Waals surface area (Å²) < 4.78 is 5.91. The van der Waals surface area contributed by atoms with Crippen LogP contribution >= 0.6 is 0 Å². The maximum Gasteiger partial charge on any atom is 0.258 e. The molecule has 3 rings (SSSR count). The van der Waals surface area contributed by atoms with Crippen molar-refractivity contribution in [2.75, 3.05) is 6.61 Å². The molecule has 0 heterocycles. The lowest BCUT2D eigenvalue weighted by molar-refractivity contribution is -0.124. The second kappa shape index (κ2) is 10.1. The summed E-state index contributed by atoms with van der Waals surface area (Å²) >= 11 is 0. The Morgan fingerprint density at radius 1 is 0.800 bits per heavy atom. The summed E-state index contributed by atoms with van der Waals surface area (Å²) in [6.45, 7) is 8.58. The van der Waals surface area contributed by atoms with Crippen LogP contribution in [-0.2, 0) is 4.79 Å². The van der Waals surface area contributed by atoms with Gasteiger partial charge >= 0.3 is 0 Å². The summed E-state index contributed by atoms with van der Waals surface area (Å²) in [6.07, 6.45) is 0. The summed E-state index contributed by atoms with van der Waals surface area (Å²) in [4.78, 5) is 12.7. The summed E-state index contributed by atoms with van der Waals surface area (Å²) in [5.74, 6) is 1.35. The van der Waals surface area contributed by atoms with E-state index in [1.54, 1.807) is 0 Å². The van der Waals surface area contributed by atoms with Crippen molar-refractivity contribution in [1.29, 1.82) is 0 Å². The van der Waals surface area contributed by atoms with E-state index in [0.717, 1.165) is 16.7 Å². The standard InChI is InChI=1S/C27H31NO2/c1-19(2)21-14-16-23(17-15-21)27(20(3)4)28-26(29)18-30-25-13-9-8-12-24(25)22-10-6-5-7-11-22/h5-17,19-20,27H,18H2,1-4H3,(H,28,29)/t27-/m0/s1. The molecular formula is C27H31NO2. The van der Waals surface area contributed by atoms with Gasteiger partial charge in [-0.3, -0.25) is 4.79 Å². The van der Waals surface area contributed by atoms with E-state index in [2.05, 4.69) is 57.3 Å². The fourth-order valence-corrected chi connectivity index (χ4v) is 3.53. The van der Waals surface area contributed by atoms with Crippen LogP contribution in [0, 0.1) is 5.92 Å². The highest BCUT2D eigenvalue weighted by molar-refractivity contribution is 5.79. The van der Waals surface area contributed by atoms with Crippen LogP contribution < -0.4 is 10.1 Å². The second-order valence-electron chi connectivity index (χ2n) is 8.26. The number of para-hydroxylation sites is 1. The Morgan fingerprint density at radius 2 is 1.40 bits per heavy atom. The molecular weight excluding hydrogens is 370 g/mol. The third kappa shape index (κ3) is 5.50. The van der Waals surface area contributed by atoms with Gasteiger partial charge in [0.2, 0.25) is 0 Å². The van der Waals surface area contributed by atoms with E-state index in [1.807, 2.05) is 54.6 Å². The van der Waals surface area contributed by atoms with Crippen LogP contribution in [0.2, 0.25) is 0 Å². The smallest absolute Gasteiger partial charge is 0.258 e. The van der Waals surface area contributed by atoms with Crippen LogP contribution in [0.5, 0.6) is 5.75 Å². The monoisotopic (exact) mass is 401 g/mol. The molecule has 156 valence electrons. The average molecular weight is 402 g/mol. The van der Waals surface area contributed by atoms with Gasteiger partial charge in [-0.15, -0.1) is 0 Å². The lowest BCUT2D eigenvalue weighted by Gasteiger charge is -2.23. The highest BCUT2D eigenvalue weighted by Gasteiger charge is 2.19. The molecule has 0 aliphatic carbocycles. The Morgan fingerprint density at radius 3 is 2.03 bits per heavy atom. The summed E-state index contributed by atoms with van der Waals surface area (Å²) in [5.41, 5.74) is 4.47. The minimum absolute atomic E-state index is 0.0167. The van der Waals surface area contributed by atoms with Crippen LogP contribution in [0.15, 0.2) is 78.9 Å². The predicted octanol–water partition coefficient (Wildman–Crippen LogP) is 6.37. The molecule has 0 aliphatic heterocycles. The first kappa shape index (κ1) is 21.6. The lowest BCUT2D eigenvalue weighted by Crippen LogP contribution is -2.35. The molecule has 0 saturated heterocycles. The van der Waals surface area contributed by atoms with Crippen molar-refractivity contribution in [2.45, 2.75) is 39.7 Å². The van der Waals surface area contributed by atoms with Crippen LogP contribution in [0.3, 0.4) is 0 Å². The number of nitrogens with one attached hydrogen (secondary N) is 1. The van der Waals surface area contributed by atoms with Gasteiger partial charge in [0.05, 0.1) is 6.04 Å². The Bertz CT molecular complexity index is 946. The number of carbonyl (C=O) groups is 1. The van der Waals surface area contributed by atoms with Crippen molar-refractivity contribution in [3.8, 4) is 16.9 Å². The molecule has 1 amide bonds. The van der Waals surface area contributed by atoms with E-state index < -0.39 is 0 Å². The van der Waals surface area contributed by atoms with E-state index >= 15 is 0 Å².